The van der Waals surface area contributed by atoms with E-state index in [1.807, 2.05) is 19.1 Å². The molecule has 1 amide bonds. The Labute approximate surface area is 121 Å². The number of amides is 1. The highest BCUT2D eigenvalue weighted by atomic mass is 16.3. The van der Waals surface area contributed by atoms with Gasteiger partial charge in [-0.3, -0.25) is 4.79 Å². The molecular formula is C16H26N2O2. The van der Waals surface area contributed by atoms with Gasteiger partial charge in [0.25, 0.3) is 0 Å². The number of rotatable bonds is 5. The summed E-state index contributed by atoms with van der Waals surface area (Å²) in [6, 6.07) is 3.99. The molecule has 1 aliphatic rings. The maximum Gasteiger partial charge on any atom is 0.237 e. The van der Waals surface area contributed by atoms with Crippen LogP contribution in [0.5, 0.6) is 0 Å². The zero-order valence-electron chi connectivity index (χ0n) is 12.7. The zero-order valence-corrected chi connectivity index (χ0v) is 12.7. The summed E-state index contributed by atoms with van der Waals surface area (Å²) in [4.78, 5) is 12.1. The Morgan fingerprint density at radius 3 is 2.65 bits per heavy atom. The van der Waals surface area contributed by atoms with Crippen LogP contribution in [0.2, 0.25) is 0 Å². The third kappa shape index (κ3) is 4.37. The molecule has 3 unspecified atom stereocenters. The van der Waals surface area contributed by atoms with Gasteiger partial charge in [-0.1, -0.05) is 13.8 Å². The molecule has 0 aliphatic heterocycles. The lowest BCUT2D eigenvalue weighted by atomic mass is 9.80. The Hall–Kier alpha value is -1.29. The number of hydrogen-bond acceptors (Lipinski definition) is 3. The molecule has 0 aromatic carbocycles. The largest absolute Gasteiger partial charge is 0.467 e. The standard InChI is InChI=1S/C16H26N2O2/c1-11-7-12(2)9-14(8-11)18-13(3)16(19)17-10-15-5-4-6-20-15/h4-6,11-14,18H,7-10H2,1-3H3,(H,17,19). The molecule has 4 nitrogen and oxygen atoms in total. The van der Waals surface area contributed by atoms with Gasteiger partial charge in [0.2, 0.25) is 5.91 Å². The van der Waals surface area contributed by atoms with Crippen molar-refractivity contribution in [1.29, 1.82) is 0 Å². The normalized spacial score (nSPS) is 28.1. The smallest absolute Gasteiger partial charge is 0.237 e. The SMILES string of the molecule is CC1CC(C)CC(NC(C)C(=O)NCc2ccco2)C1. The van der Waals surface area contributed by atoms with E-state index in [0.717, 1.165) is 17.6 Å². The van der Waals surface area contributed by atoms with E-state index in [-0.39, 0.29) is 11.9 Å². The van der Waals surface area contributed by atoms with E-state index >= 15 is 0 Å². The fourth-order valence-corrected chi connectivity index (χ4v) is 3.25. The van der Waals surface area contributed by atoms with Gasteiger partial charge in [0.05, 0.1) is 18.8 Å². The maximum absolute atomic E-state index is 12.1. The molecule has 1 aromatic heterocycles. The van der Waals surface area contributed by atoms with Crippen LogP contribution in [0.1, 0.15) is 45.8 Å². The van der Waals surface area contributed by atoms with Crippen LogP contribution in [0, 0.1) is 11.8 Å². The summed E-state index contributed by atoms with van der Waals surface area (Å²) in [5.41, 5.74) is 0. The van der Waals surface area contributed by atoms with E-state index in [9.17, 15) is 4.79 Å². The molecule has 1 saturated carbocycles. The molecule has 2 rings (SSSR count). The van der Waals surface area contributed by atoms with Crippen LogP contribution in [0.3, 0.4) is 0 Å². The van der Waals surface area contributed by atoms with E-state index in [2.05, 4.69) is 24.5 Å². The minimum absolute atomic E-state index is 0.0345. The molecule has 1 aromatic rings. The van der Waals surface area contributed by atoms with Crippen molar-refractivity contribution < 1.29 is 9.21 Å². The average molecular weight is 278 g/mol. The minimum atomic E-state index is -0.160. The fraction of sp³-hybridized carbons (Fsp3) is 0.688. The van der Waals surface area contributed by atoms with Crippen molar-refractivity contribution in [2.75, 3.05) is 0 Å². The Morgan fingerprint density at radius 1 is 1.35 bits per heavy atom. The molecule has 0 saturated heterocycles. The molecule has 20 heavy (non-hydrogen) atoms. The molecule has 0 bridgehead atoms. The van der Waals surface area contributed by atoms with Gasteiger partial charge in [0, 0.05) is 6.04 Å². The zero-order chi connectivity index (χ0) is 14.5. The molecule has 4 heteroatoms. The van der Waals surface area contributed by atoms with Crippen LogP contribution in [-0.4, -0.2) is 18.0 Å². The van der Waals surface area contributed by atoms with Crippen LogP contribution < -0.4 is 10.6 Å². The second kappa shape index (κ2) is 6.93. The predicted octanol–water partition coefficient (Wildman–Crippen LogP) is 2.70. The molecular weight excluding hydrogens is 252 g/mol. The summed E-state index contributed by atoms with van der Waals surface area (Å²) in [5.74, 6) is 2.31. The Bertz CT molecular complexity index is 406. The van der Waals surface area contributed by atoms with Gasteiger partial charge in [-0.15, -0.1) is 0 Å². The second-order valence-corrected chi connectivity index (χ2v) is 6.30. The number of carbonyl (C=O) groups excluding carboxylic acids is 1. The van der Waals surface area contributed by atoms with Crippen LogP contribution in [-0.2, 0) is 11.3 Å². The maximum atomic E-state index is 12.1. The van der Waals surface area contributed by atoms with E-state index in [1.54, 1.807) is 6.26 Å². The highest BCUT2D eigenvalue weighted by Gasteiger charge is 2.26. The van der Waals surface area contributed by atoms with Crippen molar-refractivity contribution >= 4 is 5.91 Å². The quantitative estimate of drug-likeness (QED) is 0.870. The van der Waals surface area contributed by atoms with Gasteiger partial charge >= 0.3 is 0 Å². The van der Waals surface area contributed by atoms with Crippen LogP contribution >= 0.6 is 0 Å². The second-order valence-electron chi connectivity index (χ2n) is 6.30. The number of carbonyl (C=O) groups is 1. The summed E-state index contributed by atoms with van der Waals surface area (Å²) in [5, 5.41) is 6.37. The van der Waals surface area contributed by atoms with Gasteiger partial charge in [-0.25, -0.2) is 0 Å². The predicted molar refractivity (Wildman–Crippen MR) is 79.1 cm³/mol. The van der Waals surface area contributed by atoms with E-state index in [0.29, 0.717) is 12.6 Å². The summed E-state index contributed by atoms with van der Waals surface area (Å²) in [6.07, 6.45) is 5.26. The van der Waals surface area contributed by atoms with Crippen LogP contribution in [0.15, 0.2) is 22.8 Å². The molecule has 3 atom stereocenters. The van der Waals surface area contributed by atoms with Gasteiger partial charge in [0.1, 0.15) is 5.76 Å². The first-order valence-corrected chi connectivity index (χ1v) is 7.60. The molecule has 1 aliphatic carbocycles. The van der Waals surface area contributed by atoms with Crippen LogP contribution in [0.25, 0.3) is 0 Å². The number of furan rings is 1. The lowest BCUT2D eigenvalue weighted by molar-refractivity contribution is -0.123. The average Bonchev–Trinajstić information content (AvgIpc) is 2.87. The lowest BCUT2D eigenvalue weighted by Gasteiger charge is -2.33. The fourth-order valence-electron chi connectivity index (χ4n) is 3.25. The molecule has 112 valence electrons. The molecule has 2 N–H and O–H groups in total. The van der Waals surface area contributed by atoms with Crippen LogP contribution in [0.4, 0.5) is 0 Å². The third-order valence-corrected chi connectivity index (χ3v) is 4.07. The van der Waals surface area contributed by atoms with Crippen molar-refractivity contribution in [1.82, 2.24) is 10.6 Å². The third-order valence-electron chi connectivity index (χ3n) is 4.07. The first kappa shape index (κ1) is 15.1. The monoisotopic (exact) mass is 278 g/mol. The van der Waals surface area contributed by atoms with Gasteiger partial charge < -0.3 is 15.1 Å². The van der Waals surface area contributed by atoms with Crippen molar-refractivity contribution in [3.05, 3.63) is 24.2 Å². The van der Waals surface area contributed by atoms with E-state index < -0.39 is 0 Å². The lowest BCUT2D eigenvalue weighted by Crippen LogP contribution is -2.48. The van der Waals surface area contributed by atoms with Gasteiger partial charge in [-0.2, -0.15) is 0 Å². The summed E-state index contributed by atoms with van der Waals surface area (Å²) >= 11 is 0. The minimum Gasteiger partial charge on any atom is -0.467 e. The van der Waals surface area contributed by atoms with Crippen molar-refractivity contribution in [2.45, 2.75) is 58.7 Å². The number of hydrogen-bond donors (Lipinski definition) is 2. The van der Waals surface area contributed by atoms with E-state index in [4.69, 9.17) is 4.42 Å². The van der Waals surface area contributed by atoms with Gasteiger partial charge in [-0.05, 0) is 50.2 Å². The van der Waals surface area contributed by atoms with Gasteiger partial charge in [0.15, 0.2) is 0 Å². The first-order chi connectivity index (χ1) is 9.54. The Morgan fingerprint density at radius 2 is 2.05 bits per heavy atom. The molecule has 0 spiro atoms. The van der Waals surface area contributed by atoms with Crippen molar-refractivity contribution in [3.8, 4) is 0 Å². The Balaban J connectivity index is 1.75. The van der Waals surface area contributed by atoms with Crippen molar-refractivity contribution in [3.63, 3.8) is 0 Å². The van der Waals surface area contributed by atoms with Crippen molar-refractivity contribution in [2.24, 2.45) is 11.8 Å². The highest BCUT2D eigenvalue weighted by molar-refractivity contribution is 5.81. The molecule has 0 radical (unpaired) electrons. The highest BCUT2D eigenvalue weighted by Crippen LogP contribution is 2.28. The topological polar surface area (TPSA) is 54.3 Å². The molecule has 1 heterocycles. The molecule has 1 fully saturated rings. The van der Waals surface area contributed by atoms with E-state index in [1.165, 1.54) is 19.3 Å². The number of nitrogens with one attached hydrogen (secondary N) is 2. The summed E-state index contributed by atoms with van der Waals surface area (Å²) in [7, 11) is 0. The Kier molecular flexibility index (Phi) is 5.24. The summed E-state index contributed by atoms with van der Waals surface area (Å²) < 4.78 is 5.21. The summed E-state index contributed by atoms with van der Waals surface area (Å²) in [6.45, 7) is 6.98. The first-order valence-electron chi connectivity index (χ1n) is 7.60.